The number of hydrogen-bond acceptors (Lipinski definition) is 6. The van der Waals surface area contributed by atoms with Gasteiger partial charge in [-0.05, 0) is 62.0 Å². The molecule has 8 heteroatoms. The Balaban J connectivity index is 1.23. The molecule has 30 heavy (non-hydrogen) atoms. The minimum absolute atomic E-state index is 0.117. The third-order valence-corrected chi connectivity index (χ3v) is 7.58. The molecular weight excluding hydrogens is 382 g/mol. The van der Waals surface area contributed by atoms with Crippen molar-refractivity contribution in [2.45, 2.75) is 43.7 Å². The molecule has 1 aromatic rings. The SMILES string of the molecule is NC(=O)CN1CCN(c2cccc(C(=O)NC3C4CC5CC3CC(O)(C5)C4)n2)CC1. The fourth-order valence-corrected chi connectivity index (χ4v) is 6.52. The second kappa shape index (κ2) is 7.50. The van der Waals surface area contributed by atoms with Crippen molar-refractivity contribution in [2.24, 2.45) is 23.5 Å². The molecule has 4 bridgehead atoms. The zero-order valence-electron chi connectivity index (χ0n) is 17.3. The smallest absolute Gasteiger partial charge is 0.270 e. The first kappa shape index (κ1) is 19.8. The van der Waals surface area contributed by atoms with E-state index in [1.165, 1.54) is 0 Å². The number of hydrogen-bond donors (Lipinski definition) is 3. The van der Waals surface area contributed by atoms with Gasteiger partial charge in [0.05, 0.1) is 12.1 Å². The molecule has 5 fully saturated rings. The number of amides is 2. The van der Waals surface area contributed by atoms with Crippen LogP contribution in [-0.4, -0.2) is 71.2 Å². The molecule has 8 nitrogen and oxygen atoms in total. The van der Waals surface area contributed by atoms with Crippen LogP contribution in [0.15, 0.2) is 18.2 Å². The van der Waals surface area contributed by atoms with Crippen molar-refractivity contribution >= 4 is 17.6 Å². The molecule has 1 aliphatic heterocycles. The standard InChI is InChI=1S/C22H31N5O3/c23-18(28)13-26-4-6-27(7-5-26)19-3-1-2-17(24-19)21(29)25-20-15-8-14-9-16(20)12-22(30,10-14)11-15/h1-3,14-16,20,30H,4-13H2,(H2,23,28)(H,25,29). The normalized spacial score (nSPS) is 35.4. The Labute approximate surface area is 176 Å². The molecule has 1 saturated heterocycles. The Hall–Kier alpha value is -2.19. The highest BCUT2D eigenvalue weighted by atomic mass is 16.3. The number of pyridine rings is 1. The van der Waals surface area contributed by atoms with Gasteiger partial charge in [-0.25, -0.2) is 4.98 Å². The summed E-state index contributed by atoms with van der Waals surface area (Å²) in [6.45, 7) is 3.27. The highest BCUT2D eigenvalue weighted by Gasteiger charge is 2.55. The van der Waals surface area contributed by atoms with Crippen LogP contribution in [-0.2, 0) is 4.79 Å². The average molecular weight is 414 g/mol. The number of nitrogens with two attached hydrogens (primary N) is 1. The number of aliphatic hydroxyl groups is 1. The predicted octanol–water partition coefficient (Wildman–Crippen LogP) is 0.358. The lowest BCUT2D eigenvalue weighted by atomic mass is 9.52. The van der Waals surface area contributed by atoms with E-state index >= 15 is 0 Å². The third-order valence-electron chi connectivity index (χ3n) is 7.58. The van der Waals surface area contributed by atoms with Crippen LogP contribution in [0.2, 0.25) is 0 Å². The summed E-state index contributed by atoms with van der Waals surface area (Å²) in [7, 11) is 0. The van der Waals surface area contributed by atoms with E-state index in [2.05, 4.69) is 15.2 Å². The van der Waals surface area contributed by atoms with Crippen molar-refractivity contribution in [1.82, 2.24) is 15.2 Å². The van der Waals surface area contributed by atoms with Crippen LogP contribution in [0.25, 0.3) is 0 Å². The Morgan fingerprint density at radius 1 is 1.13 bits per heavy atom. The van der Waals surface area contributed by atoms with Crippen LogP contribution in [0.3, 0.4) is 0 Å². The van der Waals surface area contributed by atoms with E-state index in [4.69, 9.17) is 5.73 Å². The summed E-state index contributed by atoms with van der Waals surface area (Å²) < 4.78 is 0. The largest absolute Gasteiger partial charge is 0.390 e. The molecule has 1 aromatic heterocycles. The first-order valence-electron chi connectivity index (χ1n) is 11.1. The number of piperazine rings is 1. The fraction of sp³-hybridized carbons (Fsp3) is 0.682. The molecule has 4 aliphatic carbocycles. The summed E-state index contributed by atoms with van der Waals surface area (Å²) in [5.74, 6) is 1.75. The van der Waals surface area contributed by atoms with E-state index in [0.29, 0.717) is 23.4 Å². The van der Waals surface area contributed by atoms with Gasteiger partial charge in [0.15, 0.2) is 0 Å². The molecule has 5 aliphatic rings. The van der Waals surface area contributed by atoms with Crippen LogP contribution in [0.4, 0.5) is 5.82 Å². The molecule has 6 rings (SSSR count). The maximum Gasteiger partial charge on any atom is 0.270 e. The van der Waals surface area contributed by atoms with Gasteiger partial charge in [-0.3, -0.25) is 14.5 Å². The van der Waals surface area contributed by atoms with Gasteiger partial charge in [0.2, 0.25) is 5.91 Å². The lowest BCUT2D eigenvalue weighted by Crippen LogP contribution is -2.61. The van der Waals surface area contributed by atoms with Crippen LogP contribution in [0.5, 0.6) is 0 Å². The van der Waals surface area contributed by atoms with E-state index in [1.54, 1.807) is 6.07 Å². The number of carbonyl (C=O) groups excluding carboxylic acids is 2. The molecule has 0 aromatic carbocycles. The van der Waals surface area contributed by atoms with Gasteiger partial charge < -0.3 is 21.1 Å². The number of anilines is 1. The van der Waals surface area contributed by atoms with E-state index in [0.717, 1.165) is 64.1 Å². The number of carbonyl (C=O) groups is 2. The lowest BCUT2D eigenvalue weighted by Gasteiger charge is -2.58. The summed E-state index contributed by atoms with van der Waals surface area (Å²) in [6, 6.07) is 5.73. The van der Waals surface area contributed by atoms with Gasteiger partial charge in [-0.1, -0.05) is 6.07 Å². The average Bonchev–Trinajstić information content (AvgIpc) is 2.69. The van der Waals surface area contributed by atoms with E-state index in [9.17, 15) is 14.7 Å². The minimum atomic E-state index is -0.493. The van der Waals surface area contributed by atoms with Crippen LogP contribution >= 0.6 is 0 Å². The zero-order valence-corrected chi connectivity index (χ0v) is 17.3. The second-order valence-corrected chi connectivity index (χ2v) is 9.80. The summed E-state index contributed by atoms with van der Waals surface area (Å²) in [6.07, 6.45) is 4.80. The number of nitrogens with one attached hydrogen (secondary N) is 1. The summed E-state index contributed by atoms with van der Waals surface area (Å²) in [5, 5.41) is 14.0. The minimum Gasteiger partial charge on any atom is -0.390 e. The van der Waals surface area contributed by atoms with Crippen molar-refractivity contribution in [2.75, 3.05) is 37.6 Å². The van der Waals surface area contributed by atoms with Crippen molar-refractivity contribution < 1.29 is 14.7 Å². The monoisotopic (exact) mass is 413 g/mol. The lowest BCUT2D eigenvalue weighted by molar-refractivity contribution is -0.137. The molecule has 2 atom stereocenters. The number of aromatic nitrogens is 1. The summed E-state index contributed by atoms with van der Waals surface area (Å²) in [5.41, 5.74) is 5.24. The molecule has 0 spiro atoms. The Morgan fingerprint density at radius 3 is 2.47 bits per heavy atom. The Bertz CT molecular complexity index is 822. The van der Waals surface area contributed by atoms with E-state index < -0.39 is 5.60 Å². The molecule has 2 unspecified atom stereocenters. The Morgan fingerprint density at radius 2 is 1.83 bits per heavy atom. The highest BCUT2D eigenvalue weighted by molar-refractivity contribution is 5.93. The third kappa shape index (κ3) is 3.78. The van der Waals surface area contributed by atoms with E-state index in [-0.39, 0.29) is 24.4 Å². The fourth-order valence-electron chi connectivity index (χ4n) is 6.52. The molecular formula is C22H31N5O3. The number of primary amides is 1. The molecule has 0 radical (unpaired) electrons. The van der Waals surface area contributed by atoms with Crippen molar-refractivity contribution in [3.63, 3.8) is 0 Å². The maximum absolute atomic E-state index is 13.0. The zero-order chi connectivity index (χ0) is 20.9. The summed E-state index contributed by atoms with van der Waals surface area (Å²) >= 11 is 0. The Kier molecular flexibility index (Phi) is 4.94. The van der Waals surface area contributed by atoms with Gasteiger partial charge in [0.25, 0.3) is 5.91 Å². The molecule has 2 heterocycles. The van der Waals surface area contributed by atoms with Crippen LogP contribution in [0, 0.1) is 17.8 Å². The maximum atomic E-state index is 13.0. The van der Waals surface area contributed by atoms with Gasteiger partial charge in [-0.15, -0.1) is 0 Å². The van der Waals surface area contributed by atoms with Crippen LogP contribution in [0.1, 0.15) is 42.6 Å². The van der Waals surface area contributed by atoms with E-state index in [1.807, 2.05) is 17.0 Å². The topological polar surface area (TPSA) is 112 Å². The van der Waals surface area contributed by atoms with Crippen molar-refractivity contribution in [1.29, 1.82) is 0 Å². The number of rotatable bonds is 5. The van der Waals surface area contributed by atoms with Gasteiger partial charge in [-0.2, -0.15) is 0 Å². The first-order valence-corrected chi connectivity index (χ1v) is 11.1. The van der Waals surface area contributed by atoms with Gasteiger partial charge in [0, 0.05) is 32.2 Å². The predicted molar refractivity (Wildman–Crippen MR) is 112 cm³/mol. The van der Waals surface area contributed by atoms with Gasteiger partial charge in [0.1, 0.15) is 11.5 Å². The molecule has 2 amide bonds. The first-order chi connectivity index (χ1) is 14.4. The molecule has 4 N–H and O–H groups in total. The second-order valence-electron chi connectivity index (χ2n) is 9.80. The molecule has 4 saturated carbocycles. The van der Waals surface area contributed by atoms with Gasteiger partial charge >= 0.3 is 0 Å². The van der Waals surface area contributed by atoms with Crippen LogP contribution < -0.4 is 16.0 Å². The quantitative estimate of drug-likeness (QED) is 0.643. The highest BCUT2D eigenvalue weighted by Crippen LogP contribution is 2.55. The summed E-state index contributed by atoms with van der Waals surface area (Å²) in [4.78, 5) is 32.9. The van der Waals surface area contributed by atoms with Crippen molar-refractivity contribution in [3.05, 3.63) is 23.9 Å². The molecule has 162 valence electrons. The van der Waals surface area contributed by atoms with Crippen molar-refractivity contribution in [3.8, 4) is 0 Å². The number of nitrogens with zero attached hydrogens (tertiary/aromatic N) is 3.